The van der Waals surface area contributed by atoms with Gasteiger partial charge in [0.1, 0.15) is 0 Å². The van der Waals surface area contributed by atoms with E-state index in [-0.39, 0.29) is 6.10 Å². The molecule has 1 aromatic heterocycles. The van der Waals surface area contributed by atoms with Crippen molar-refractivity contribution in [2.24, 2.45) is 0 Å². The van der Waals surface area contributed by atoms with Gasteiger partial charge in [-0.05, 0) is 13.8 Å². The summed E-state index contributed by atoms with van der Waals surface area (Å²) in [5.41, 5.74) is 6.09. The van der Waals surface area contributed by atoms with Gasteiger partial charge >= 0.3 is 6.09 Å². The second-order valence-electron chi connectivity index (χ2n) is 3.42. The predicted octanol–water partition coefficient (Wildman–Crippen LogP) is 0.600. The Morgan fingerprint density at radius 1 is 1.73 bits per heavy atom. The third-order valence-electron chi connectivity index (χ3n) is 1.61. The van der Waals surface area contributed by atoms with Crippen LogP contribution in [0.2, 0.25) is 0 Å². The first-order valence-electron chi connectivity index (χ1n) is 4.80. The average Bonchev–Trinajstić information content (AvgIpc) is 2.50. The number of aromatic nitrogens is 2. The molecule has 0 bridgehead atoms. The highest BCUT2D eigenvalue weighted by Crippen LogP contribution is 1.96. The molecular weight excluding hydrogens is 196 g/mol. The first-order chi connectivity index (χ1) is 7.08. The first-order valence-corrected chi connectivity index (χ1v) is 4.80. The van der Waals surface area contributed by atoms with E-state index >= 15 is 0 Å². The zero-order valence-corrected chi connectivity index (χ0v) is 8.93. The number of hydrogen-bond donors (Lipinski definition) is 2. The molecule has 0 aliphatic carbocycles. The molecule has 0 aliphatic heterocycles. The van der Waals surface area contributed by atoms with E-state index in [4.69, 9.17) is 10.5 Å². The predicted molar refractivity (Wildman–Crippen MR) is 56.3 cm³/mol. The fourth-order valence-electron chi connectivity index (χ4n) is 1.03. The Balaban J connectivity index is 2.19. The molecule has 1 aromatic rings. The fourth-order valence-corrected chi connectivity index (χ4v) is 1.03. The smallest absolute Gasteiger partial charge is 0.407 e. The summed E-state index contributed by atoms with van der Waals surface area (Å²) >= 11 is 0. The number of hydrogen-bond acceptors (Lipinski definition) is 4. The van der Waals surface area contributed by atoms with Crippen molar-refractivity contribution in [1.82, 2.24) is 15.1 Å². The lowest BCUT2D eigenvalue weighted by molar-refractivity contribution is 0.115. The van der Waals surface area contributed by atoms with Crippen molar-refractivity contribution in [3.8, 4) is 0 Å². The molecule has 0 saturated carbocycles. The number of carbonyl (C=O) groups is 1. The minimum Gasteiger partial charge on any atom is -0.447 e. The molecule has 0 saturated heterocycles. The highest BCUT2D eigenvalue weighted by molar-refractivity contribution is 5.67. The molecule has 0 atom stereocenters. The van der Waals surface area contributed by atoms with Crippen molar-refractivity contribution < 1.29 is 9.53 Å². The molecule has 6 heteroatoms. The summed E-state index contributed by atoms with van der Waals surface area (Å²) in [6, 6.07) is 0. The first kappa shape index (κ1) is 11.4. The number of nitrogens with two attached hydrogens (primary N) is 1. The fraction of sp³-hybridized carbons (Fsp3) is 0.556. The summed E-state index contributed by atoms with van der Waals surface area (Å²) in [7, 11) is 0. The molecule has 1 heterocycles. The Morgan fingerprint density at radius 2 is 2.47 bits per heavy atom. The molecule has 1 rings (SSSR count). The second kappa shape index (κ2) is 5.23. The lowest BCUT2D eigenvalue weighted by Gasteiger charge is -2.09. The summed E-state index contributed by atoms with van der Waals surface area (Å²) in [6.07, 6.45) is 2.75. The average molecular weight is 212 g/mol. The normalized spacial score (nSPS) is 10.3. The number of carbonyl (C=O) groups excluding carboxylic acids is 1. The van der Waals surface area contributed by atoms with Crippen LogP contribution in [0.3, 0.4) is 0 Å². The maximum atomic E-state index is 11.1. The van der Waals surface area contributed by atoms with Gasteiger partial charge in [0, 0.05) is 12.7 Å². The number of amides is 1. The van der Waals surface area contributed by atoms with Crippen LogP contribution in [0, 0.1) is 0 Å². The van der Waals surface area contributed by atoms with Crippen LogP contribution in [0.25, 0.3) is 0 Å². The number of nitrogen functional groups attached to an aromatic ring is 1. The third kappa shape index (κ3) is 4.35. The molecule has 0 spiro atoms. The Kier molecular flexibility index (Phi) is 3.96. The van der Waals surface area contributed by atoms with Crippen LogP contribution in [-0.4, -0.2) is 28.5 Å². The van der Waals surface area contributed by atoms with E-state index in [0.717, 1.165) is 0 Å². The summed E-state index contributed by atoms with van der Waals surface area (Å²) < 4.78 is 6.55. The van der Waals surface area contributed by atoms with Crippen LogP contribution < -0.4 is 11.1 Å². The molecule has 15 heavy (non-hydrogen) atoms. The van der Waals surface area contributed by atoms with Crippen LogP contribution in [0.4, 0.5) is 10.5 Å². The Labute approximate surface area is 88.4 Å². The van der Waals surface area contributed by atoms with Gasteiger partial charge in [0.2, 0.25) is 0 Å². The maximum Gasteiger partial charge on any atom is 0.407 e. The third-order valence-corrected chi connectivity index (χ3v) is 1.61. The molecule has 6 nitrogen and oxygen atoms in total. The quantitative estimate of drug-likeness (QED) is 0.765. The number of ether oxygens (including phenoxy) is 1. The van der Waals surface area contributed by atoms with E-state index in [1.165, 1.54) is 0 Å². The van der Waals surface area contributed by atoms with Crippen LogP contribution in [0.1, 0.15) is 13.8 Å². The van der Waals surface area contributed by atoms with Crippen LogP contribution in [0.5, 0.6) is 0 Å². The summed E-state index contributed by atoms with van der Waals surface area (Å²) in [5.74, 6) is 0. The van der Waals surface area contributed by atoms with Crippen molar-refractivity contribution in [2.45, 2.75) is 26.5 Å². The molecule has 0 aliphatic rings. The molecule has 3 N–H and O–H groups in total. The number of nitrogens with one attached hydrogen (secondary N) is 1. The maximum absolute atomic E-state index is 11.1. The van der Waals surface area contributed by atoms with Crippen LogP contribution >= 0.6 is 0 Å². The Bertz CT molecular complexity index is 322. The van der Waals surface area contributed by atoms with Crippen molar-refractivity contribution in [1.29, 1.82) is 0 Å². The molecule has 0 aromatic carbocycles. The van der Waals surface area contributed by atoms with Gasteiger partial charge in [0.25, 0.3) is 0 Å². The van der Waals surface area contributed by atoms with Gasteiger partial charge in [0.15, 0.2) is 0 Å². The number of alkyl carbamates (subject to hydrolysis) is 1. The van der Waals surface area contributed by atoms with E-state index < -0.39 is 6.09 Å². The van der Waals surface area contributed by atoms with E-state index in [1.807, 2.05) is 0 Å². The summed E-state index contributed by atoms with van der Waals surface area (Å²) in [5, 5.41) is 6.58. The van der Waals surface area contributed by atoms with Gasteiger partial charge in [-0.15, -0.1) is 0 Å². The Morgan fingerprint density at radius 3 is 3.00 bits per heavy atom. The minimum atomic E-state index is -0.412. The zero-order chi connectivity index (χ0) is 11.3. The zero-order valence-electron chi connectivity index (χ0n) is 8.93. The van der Waals surface area contributed by atoms with Crippen molar-refractivity contribution >= 4 is 11.8 Å². The monoisotopic (exact) mass is 212 g/mol. The van der Waals surface area contributed by atoms with Gasteiger partial charge in [-0.25, -0.2) is 4.79 Å². The molecule has 0 unspecified atom stereocenters. The van der Waals surface area contributed by atoms with Gasteiger partial charge in [-0.2, -0.15) is 5.10 Å². The molecule has 84 valence electrons. The van der Waals surface area contributed by atoms with E-state index in [2.05, 4.69) is 10.4 Å². The highest BCUT2D eigenvalue weighted by Gasteiger charge is 2.03. The van der Waals surface area contributed by atoms with E-state index in [9.17, 15) is 4.79 Å². The van der Waals surface area contributed by atoms with E-state index in [0.29, 0.717) is 18.8 Å². The van der Waals surface area contributed by atoms with Gasteiger partial charge in [-0.1, -0.05) is 0 Å². The largest absolute Gasteiger partial charge is 0.447 e. The minimum absolute atomic E-state index is 0.106. The SMILES string of the molecule is CC(C)OC(=O)NCCn1cc(N)cn1. The number of anilines is 1. The van der Waals surface area contributed by atoms with Crippen molar-refractivity contribution in [3.05, 3.63) is 12.4 Å². The molecule has 0 fully saturated rings. The van der Waals surface area contributed by atoms with Crippen molar-refractivity contribution in [2.75, 3.05) is 12.3 Å². The molecule has 1 amide bonds. The lowest BCUT2D eigenvalue weighted by Crippen LogP contribution is -2.29. The van der Waals surface area contributed by atoms with Crippen LogP contribution in [-0.2, 0) is 11.3 Å². The number of nitrogens with zero attached hydrogens (tertiary/aromatic N) is 2. The standard InChI is InChI=1S/C9H16N4O2/c1-7(2)15-9(14)11-3-4-13-6-8(10)5-12-13/h5-7H,3-4,10H2,1-2H3,(H,11,14). The molecule has 0 radical (unpaired) electrons. The number of rotatable bonds is 4. The Hall–Kier alpha value is -1.72. The van der Waals surface area contributed by atoms with E-state index in [1.54, 1.807) is 30.9 Å². The van der Waals surface area contributed by atoms with Crippen LogP contribution in [0.15, 0.2) is 12.4 Å². The summed E-state index contributed by atoms with van der Waals surface area (Å²) in [4.78, 5) is 11.1. The highest BCUT2D eigenvalue weighted by atomic mass is 16.6. The summed E-state index contributed by atoms with van der Waals surface area (Å²) in [6.45, 7) is 4.64. The van der Waals surface area contributed by atoms with Gasteiger partial charge in [0.05, 0.1) is 24.5 Å². The van der Waals surface area contributed by atoms with Gasteiger partial charge < -0.3 is 15.8 Å². The van der Waals surface area contributed by atoms with Gasteiger partial charge in [-0.3, -0.25) is 4.68 Å². The second-order valence-corrected chi connectivity index (χ2v) is 3.42. The topological polar surface area (TPSA) is 82.2 Å². The lowest BCUT2D eigenvalue weighted by atomic mass is 10.5. The molecular formula is C9H16N4O2. The van der Waals surface area contributed by atoms with Crippen molar-refractivity contribution in [3.63, 3.8) is 0 Å².